The summed E-state index contributed by atoms with van der Waals surface area (Å²) >= 11 is 0. The van der Waals surface area contributed by atoms with Crippen molar-refractivity contribution in [3.8, 4) is 100 Å². The van der Waals surface area contributed by atoms with E-state index in [1.54, 1.807) is 11.1 Å². The SMILES string of the molecule is CCCCCCCCC1(CCCCCCCC)c2ccccc2-c2ccc(-c3ccc4c(c3)C(C)(C)c3cc(-c5ccc6c(c5)C(C)(C)c5cc(-c7ccc8c(c7)C(C)(C)c7cc(-c9ccc(N(c%10ccccc%10)c%10ccc%11c(c%10)C(C)(C)c%10ccc%12ccccc%12c%10-%11)cc9)ccc7-8)ccc5-6)ccc3-4)cc21. The molecule has 1 heteroatoms. The van der Waals surface area contributed by atoms with E-state index in [2.05, 4.69) is 335 Å². The molecule has 0 radical (unpaired) electrons. The highest BCUT2D eigenvalue weighted by Gasteiger charge is 2.44. The van der Waals surface area contributed by atoms with Crippen molar-refractivity contribution in [3.63, 3.8) is 0 Å². The second kappa shape index (κ2) is 26.2. The van der Waals surface area contributed by atoms with Gasteiger partial charge in [-0.05, 0) is 258 Å². The summed E-state index contributed by atoms with van der Waals surface area (Å²) in [4.78, 5) is 2.42. The Kier molecular flexibility index (Phi) is 16.7. The topological polar surface area (TPSA) is 3.24 Å². The van der Waals surface area contributed by atoms with Crippen LogP contribution in [0.1, 0.15) is 215 Å². The van der Waals surface area contributed by atoms with Gasteiger partial charge in [0, 0.05) is 44.1 Å². The molecule has 0 aliphatic heterocycles. The van der Waals surface area contributed by atoms with Crippen molar-refractivity contribution >= 4 is 27.8 Å². The molecule has 18 rings (SSSR count). The Labute approximate surface area is 631 Å². The Balaban J connectivity index is 0.589. The Morgan fingerprint density at radius 3 is 1.03 bits per heavy atom. The molecule has 1 nitrogen and oxygen atoms in total. The molecule has 526 valence electrons. The lowest BCUT2D eigenvalue weighted by Crippen LogP contribution is -2.25. The molecule has 0 amide bonds. The van der Waals surface area contributed by atoms with Gasteiger partial charge in [0.25, 0.3) is 0 Å². The summed E-state index contributed by atoms with van der Waals surface area (Å²) in [7, 11) is 0. The molecule has 0 atom stereocenters. The van der Waals surface area contributed by atoms with Crippen LogP contribution in [0.3, 0.4) is 0 Å². The molecule has 106 heavy (non-hydrogen) atoms. The molecule has 0 N–H and O–H groups in total. The van der Waals surface area contributed by atoms with Crippen LogP contribution in [0.25, 0.3) is 111 Å². The molecule has 5 aliphatic carbocycles. The lowest BCUT2D eigenvalue weighted by molar-refractivity contribution is 0.398. The molecule has 0 saturated carbocycles. The van der Waals surface area contributed by atoms with Crippen LogP contribution in [0, 0.1) is 0 Å². The maximum atomic E-state index is 2.64. The van der Waals surface area contributed by atoms with Crippen molar-refractivity contribution in [3.05, 3.63) is 316 Å². The molecule has 13 aromatic carbocycles. The molecular formula is C105H101N. The third-order valence-electron chi connectivity index (χ3n) is 26.5. The lowest BCUT2D eigenvalue weighted by atomic mass is 9.70. The Hall–Kier alpha value is -10.1. The van der Waals surface area contributed by atoms with Gasteiger partial charge in [-0.3, -0.25) is 0 Å². The highest BCUT2D eigenvalue weighted by molar-refractivity contribution is 6.03. The Bertz CT molecular complexity index is 5610. The summed E-state index contributed by atoms with van der Waals surface area (Å²) in [6.45, 7) is 24.1. The van der Waals surface area contributed by atoms with Gasteiger partial charge >= 0.3 is 0 Å². The molecule has 0 bridgehead atoms. The van der Waals surface area contributed by atoms with Crippen molar-refractivity contribution in [1.29, 1.82) is 0 Å². The number of benzene rings is 13. The summed E-state index contributed by atoms with van der Waals surface area (Å²) in [5, 5.41) is 2.61. The summed E-state index contributed by atoms with van der Waals surface area (Å²) in [6, 6.07) is 102. The molecule has 0 heterocycles. The number of para-hydroxylation sites is 1. The minimum atomic E-state index is -0.195. The number of anilines is 3. The molecule has 0 aromatic heterocycles. The fourth-order valence-corrected chi connectivity index (χ4v) is 20.5. The minimum absolute atomic E-state index is 0.0577. The number of rotatable bonds is 21. The summed E-state index contributed by atoms with van der Waals surface area (Å²) in [6.07, 6.45) is 18.4. The molecule has 0 saturated heterocycles. The first-order valence-electron chi connectivity index (χ1n) is 40.2. The molecule has 13 aromatic rings. The summed E-state index contributed by atoms with van der Waals surface area (Å²) in [5.74, 6) is 0. The van der Waals surface area contributed by atoms with Crippen LogP contribution in [0.5, 0.6) is 0 Å². The highest BCUT2D eigenvalue weighted by Crippen LogP contribution is 2.59. The fraction of sp³-hybridized carbons (Fsp3) is 0.276. The first-order valence-corrected chi connectivity index (χ1v) is 40.2. The van der Waals surface area contributed by atoms with Gasteiger partial charge in [-0.2, -0.15) is 0 Å². The van der Waals surface area contributed by atoms with E-state index in [1.807, 2.05) is 0 Å². The zero-order valence-corrected chi connectivity index (χ0v) is 64.2. The first-order chi connectivity index (χ1) is 51.5. The van der Waals surface area contributed by atoms with Crippen LogP contribution < -0.4 is 4.90 Å². The first kappa shape index (κ1) is 67.8. The van der Waals surface area contributed by atoms with Gasteiger partial charge in [-0.15, -0.1) is 0 Å². The van der Waals surface area contributed by atoms with Crippen LogP contribution in [0.15, 0.2) is 261 Å². The van der Waals surface area contributed by atoms with Gasteiger partial charge in [-0.25, -0.2) is 0 Å². The van der Waals surface area contributed by atoms with Gasteiger partial charge in [0.2, 0.25) is 0 Å². The monoisotopic (exact) mass is 1380 g/mol. The predicted octanol–water partition coefficient (Wildman–Crippen LogP) is 30.0. The van der Waals surface area contributed by atoms with Gasteiger partial charge in [-0.1, -0.05) is 328 Å². The Morgan fingerprint density at radius 2 is 0.557 bits per heavy atom. The van der Waals surface area contributed by atoms with Crippen LogP contribution in [0.4, 0.5) is 17.1 Å². The van der Waals surface area contributed by atoms with Gasteiger partial charge in [0.05, 0.1) is 0 Å². The van der Waals surface area contributed by atoms with Crippen LogP contribution in [-0.2, 0) is 27.1 Å². The van der Waals surface area contributed by atoms with E-state index in [1.165, 1.54) is 245 Å². The van der Waals surface area contributed by atoms with E-state index in [0.29, 0.717) is 0 Å². The summed E-state index contributed by atoms with van der Waals surface area (Å²) < 4.78 is 0. The van der Waals surface area contributed by atoms with Gasteiger partial charge in [0.15, 0.2) is 0 Å². The van der Waals surface area contributed by atoms with E-state index in [4.69, 9.17) is 0 Å². The number of fused-ring (bicyclic) bond motifs is 17. The standard InChI is InChI=1S/C105H101N/c1-11-13-15-17-19-28-58-105(59-29-20-18-16-14-12-2)90-35-27-26-34-81(90)88-55-44-76(66-99(88)105)75-43-54-87-86-53-42-74(64-96(86)104(9,10)97(87)65-75)73-41-52-85-84-51-40-72(62-94(84)103(7,8)95(85)63-73)71-39-50-83-82-49-38-70(60-92(82)102(5,6)93(83)61-71)68-36-46-78(47-37-68)106(77-31-22-21-23-32-77)79-48-56-89-98(67-79)101(3,4)91-57-45-69-30-24-25-33-80(69)100(89)91/h21-27,30-57,60-67H,11-20,28-29,58-59H2,1-10H3. The van der Waals surface area contributed by atoms with E-state index in [-0.39, 0.29) is 27.1 Å². The fourth-order valence-electron chi connectivity index (χ4n) is 20.5. The van der Waals surface area contributed by atoms with Crippen LogP contribution in [-0.4, -0.2) is 0 Å². The molecule has 5 aliphatic rings. The third-order valence-corrected chi connectivity index (χ3v) is 26.5. The Morgan fingerprint density at radius 1 is 0.226 bits per heavy atom. The van der Waals surface area contributed by atoms with E-state index in [0.717, 1.165) is 17.1 Å². The van der Waals surface area contributed by atoms with Crippen molar-refractivity contribution in [2.24, 2.45) is 0 Å². The zero-order valence-electron chi connectivity index (χ0n) is 64.2. The van der Waals surface area contributed by atoms with Gasteiger partial charge < -0.3 is 4.90 Å². The normalized spacial score (nSPS) is 15.4. The largest absolute Gasteiger partial charge is 0.310 e. The van der Waals surface area contributed by atoms with E-state index >= 15 is 0 Å². The highest BCUT2D eigenvalue weighted by atomic mass is 15.1. The molecule has 0 unspecified atom stereocenters. The molecule has 0 fully saturated rings. The summed E-state index contributed by atoms with van der Waals surface area (Å²) in [5.41, 5.74) is 41.1. The lowest BCUT2D eigenvalue weighted by Gasteiger charge is -2.33. The average Bonchev–Trinajstić information content (AvgIpc) is 1.58. The predicted molar refractivity (Wildman–Crippen MR) is 453 cm³/mol. The second-order valence-electron chi connectivity index (χ2n) is 34.1. The van der Waals surface area contributed by atoms with Crippen molar-refractivity contribution in [2.45, 2.75) is 186 Å². The average molecular weight is 1380 g/mol. The minimum Gasteiger partial charge on any atom is -0.310 e. The van der Waals surface area contributed by atoms with E-state index < -0.39 is 0 Å². The number of hydrogen-bond donors (Lipinski definition) is 0. The number of unbranched alkanes of at least 4 members (excludes halogenated alkanes) is 10. The van der Waals surface area contributed by atoms with Crippen molar-refractivity contribution in [2.75, 3.05) is 4.90 Å². The molecule has 0 spiro atoms. The zero-order chi connectivity index (χ0) is 72.4. The maximum Gasteiger partial charge on any atom is 0.0465 e. The third kappa shape index (κ3) is 10.9. The molecular weight excluding hydrogens is 1280 g/mol. The smallest absolute Gasteiger partial charge is 0.0465 e. The second-order valence-corrected chi connectivity index (χ2v) is 34.1. The van der Waals surface area contributed by atoms with E-state index in [9.17, 15) is 0 Å². The number of hydrogen-bond acceptors (Lipinski definition) is 1. The maximum absolute atomic E-state index is 2.64. The van der Waals surface area contributed by atoms with Crippen LogP contribution in [0.2, 0.25) is 0 Å². The van der Waals surface area contributed by atoms with Crippen LogP contribution >= 0.6 is 0 Å². The van der Waals surface area contributed by atoms with Gasteiger partial charge in [0.1, 0.15) is 0 Å². The number of nitrogens with zero attached hydrogens (tertiary/aromatic N) is 1. The van der Waals surface area contributed by atoms with Crippen molar-refractivity contribution in [1.82, 2.24) is 0 Å². The van der Waals surface area contributed by atoms with Crippen molar-refractivity contribution < 1.29 is 0 Å². The quantitative estimate of drug-likeness (QED) is 0.0648.